The van der Waals surface area contributed by atoms with Crippen LogP contribution >= 0.6 is 0 Å². The molecule has 0 radical (unpaired) electrons. The molecule has 23 aliphatic rings. The zero-order valence-electron chi connectivity index (χ0n) is 51.8. The molecule has 23 rings (SSSR count). The minimum atomic E-state index is -2.43. The van der Waals surface area contributed by atoms with E-state index in [0.29, 0.717) is 0 Å². The normalized spacial score (nSPS) is 55.1. The van der Waals surface area contributed by atoms with Crippen LogP contribution in [0.4, 0.5) is 0 Å². The van der Waals surface area contributed by atoms with Crippen molar-refractivity contribution < 1.29 is 223 Å². The maximum Gasteiger partial charge on any atom is 0.187 e. The Morgan fingerprint density at radius 3 is 0.657 bits per heavy atom. The largest absolute Gasteiger partial charge is 0.394 e. The SMILES string of the molecule is OC[C@H]1O[C@H](O[C@H]2[C@H](O)[C@@H](O)C(OC[C@H]3O[C@@H]4O[C@H]5[C@H](O)[C@@H](O)[C@@H](O[C@H]6[C@H](O)[C@@H](O)[C@@H](O[C@H]7[C@H](O)[C@@H](O)[C@@H](O[C@H]8[C@H](O)[C@@H](O)[C@@H](O[C@H]9[C@H](O)[C@@H](O)[C@@H](O[C@H]%10[C@H](O)[C@@H](O)[C@@H](O[C@H]3[C@H](O)[C@H]4O)O[C@@H]%10CO)O[C@@H]9CO)O[C@@H]8CO)O[C@@H]7CO)O[C@@H]6CO)O[C@@H]5CO)O[C@@H]2CO)[C@H](O)[C@@H](O)[C@@H]1O. The second kappa shape index (κ2) is 34.0. The Morgan fingerprint density at radius 1 is 0.182 bits per heavy atom. The smallest absolute Gasteiger partial charge is 0.187 e. The zero-order valence-corrected chi connectivity index (χ0v) is 51.8. The number of ether oxygens (including phenoxy) is 18. The average Bonchev–Trinajstić information content (AvgIpc) is 0.754. The molecule has 23 aliphatic heterocycles. The fourth-order valence-electron chi connectivity index (χ4n) is 13.3. The van der Waals surface area contributed by atoms with Gasteiger partial charge in [0.2, 0.25) is 0 Å². The Bertz CT molecular complexity index is 2450. The van der Waals surface area contributed by atoms with Gasteiger partial charge >= 0.3 is 0 Å². The van der Waals surface area contributed by atoms with Crippen molar-refractivity contribution >= 4 is 0 Å². The minimum absolute atomic E-state index is 0.906. The number of hydrogen-bond acceptors (Lipinski definition) is 45. The highest BCUT2D eigenvalue weighted by Crippen LogP contribution is 2.40. The van der Waals surface area contributed by atoms with Gasteiger partial charge in [-0.05, 0) is 0 Å². The van der Waals surface area contributed by atoms with E-state index in [2.05, 4.69) is 0 Å². The first-order chi connectivity index (χ1) is 47.1. The van der Waals surface area contributed by atoms with E-state index in [1.54, 1.807) is 0 Å². The molecule has 0 amide bonds. The Morgan fingerprint density at radius 2 is 0.404 bits per heavy atom. The lowest BCUT2D eigenvalue weighted by Crippen LogP contribution is -2.68. The molecule has 0 aromatic heterocycles. The summed E-state index contributed by atoms with van der Waals surface area (Å²) >= 11 is 0. The predicted octanol–water partition coefficient (Wildman–Crippen LogP) is -19.6. The first kappa shape index (κ1) is 79.8. The molecule has 576 valence electrons. The summed E-state index contributed by atoms with van der Waals surface area (Å²) in [5.74, 6) is 0. The van der Waals surface area contributed by atoms with Gasteiger partial charge in [-0.3, -0.25) is 0 Å². The monoisotopic (exact) mass is 1460 g/mol. The Kier molecular flexibility index (Phi) is 27.4. The molecule has 23 heterocycles. The molecule has 27 N–H and O–H groups in total. The number of rotatable bonds is 13. The Hall–Kier alpha value is -1.80. The van der Waals surface area contributed by atoms with E-state index >= 15 is 0 Å². The molecular formula is C54H90O45. The molecule has 14 bridgehead atoms. The van der Waals surface area contributed by atoms with Crippen LogP contribution < -0.4 is 0 Å². The van der Waals surface area contributed by atoms with Gasteiger partial charge in [-0.1, -0.05) is 0 Å². The molecule has 0 aliphatic carbocycles. The van der Waals surface area contributed by atoms with Crippen molar-refractivity contribution in [3.8, 4) is 0 Å². The van der Waals surface area contributed by atoms with Crippen LogP contribution in [0, 0.1) is 0 Å². The summed E-state index contributed by atoms with van der Waals surface area (Å²) in [6.45, 7) is -9.86. The highest BCUT2D eigenvalue weighted by atomic mass is 16.8. The predicted molar refractivity (Wildman–Crippen MR) is 294 cm³/mol. The van der Waals surface area contributed by atoms with Crippen LogP contribution in [-0.2, 0) is 85.3 Å². The average molecular weight is 1460 g/mol. The summed E-state index contributed by atoms with van der Waals surface area (Å²) in [7, 11) is 0. The van der Waals surface area contributed by atoms with Crippen molar-refractivity contribution in [1.29, 1.82) is 0 Å². The van der Waals surface area contributed by atoms with Crippen LogP contribution in [0.5, 0.6) is 0 Å². The quantitative estimate of drug-likeness (QED) is 0.0814. The third kappa shape index (κ3) is 16.0. The van der Waals surface area contributed by atoms with E-state index in [0.717, 1.165) is 0 Å². The van der Waals surface area contributed by atoms with Crippen molar-refractivity contribution in [2.24, 2.45) is 0 Å². The van der Waals surface area contributed by atoms with Gasteiger partial charge in [0, 0.05) is 0 Å². The molecule has 99 heavy (non-hydrogen) atoms. The molecular weight excluding hydrogens is 1370 g/mol. The first-order valence-corrected chi connectivity index (χ1v) is 31.6. The van der Waals surface area contributed by atoms with Crippen LogP contribution in [0.15, 0.2) is 0 Å². The van der Waals surface area contributed by atoms with Crippen molar-refractivity contribution in [1.82, 2.24) is 0 Å². The van der Waals surface area contributed by atoms with E-state index in [9.17, 15) is 138 Å². The lowest BCUT2D eigenvalue weighted by atomic mass is 9.95. The Balaban J connectivity index is 0.938. The van der Waals surface area contributed by atoms with E-state index in [-0.39, 0.29) is 0 Å². The zero-order chi connectivity index (χ0) is 72.1. The first-order valence-electron chi connectivity index (χ1n) is 31.6. The van der Waals surface area contributed by atoms with Gasteiger partial charge in [-0.15, -0.1) is 0 Å². The van der Waals surface area contributed by atoms with Crippen molar-refractivity contribution in [2.45, 2.75) is 276 Å². The topological polar surface area (TPSA) is 712 Å². The van der Waals surface area contributed by atoms with Gasteiger partial charge in [0.15, 0.2) is 56.6 Å². The maximum atomic E-state index is 12.0. The van der Waals surface area contributed by atoms with Crippen LogP contribution in [0.25, 0.3) is 0 Å². The van der Waals surface area contributed by atoms with E-state index < -0.39 is 336 Å². The number of aliphatic hydroxyl groups is 27. The molecule has 23 fully saturated rings. The fraction of sp³-hybridized carbons (Fsp3) is 1.00. The van der Waals surface area contributed by atoms with E-state index in [4.69, 9.17) is 85.3 Å². The van der Waals surface area contributed by atoms with E-state index in [1.165, 1.54) is 0 Å². The highest BCUT2D eigenvalue weighted by Gasteiger charge is 2.61. The van der Waals surface area contributed by atoms with Gasteiger partial charge in [0.1, 0.15) is 220 Å². The molecule has 0 saturated carbocycles. The lowest BCUT2D eigenvalue weighted by Gasteiger charge is -2.50. The van der Waals surface area contributed by atoms with Crippen molar-refractivity contribution in [3.63, 3.8) is 0 Å². The second-order valence-corrected chi connectivity index (χ2v) is 25.3. The van der Waals surface area contributed by atoms with Gasteiger partial charge in [0.25, 0.3) is 0 Å². The molecule has 23 saturated heterocycles. The van der Waals surface area contributed by atoms with Crippen LogP contribution in [0.3, 0.4) is 0 Å². The van der Waals surface area contributed by atoms with Gasteiger partial charge in [-0.2, -0.15) is 0 Å². The third-order valence-corrected chi connectivity index (χ3v) is 19.0. The molecule has 0 aromatic rings. The molecule has 0 aromatic carbocycles. The Labute approximate surface area is 558 Å². The van der Waals surface area contributed by atoms with Crippen LogP contribution in [0.2, 0.25) is 0 Å². The van der Waals surface area contributed by atoms with Gasteiger partial charge in [0.05, 0.1) is 59.5 Å². The van der Waals surface area contributed by atoms with Crippen molar-refractivity contribution in [2.75, 3.05) is 59.5 Å². The molecule has 1 unspecified atom stereocenters. The molecule has 45 atom stereocenters. The molecule has 45 nitrogen and oxygen atoms in total. The van der Waals surface area contributed by atoms with Gasteiger partial charge in [-0.25, -0.2) is 0 Å². The van der Waals surface area contributed by atoms with Crippen LogP contribution in [0.1, 0.15) is 0 Å². The second-order valence-electron chi connectivity index (χ2n) is 25.3. The standard InChI is InChI=1S/C54H90O45/c55-1-10-19(63)20(64)29(73)47(83-10)92-38-11(2-56)84-46(30(74)21(38)65)82-9-18-45-28(72)37(81)54(91-18)98-44-17(8-62)89-52(35(79)26(44)70)96-42-15(6-60)87-50(33(77)24(42)68)94-40-13(4-58)85-48(31(75)22(40)66)93-39-12(3-57)86-49(32(76)23(39)67)95-41-14(5-59)88-51(34(78)25(41)69)97-43-16(7-61)90-53(99-45)36(80)27(43)71/h10-81H,1-9H2/t10-,11-,12-,13-,14-,15-,16-,17-,18-,19-,20+,21-,22-,23-,24-,25-,26-,27-,28-,29-,30-,31-,32-,33-,34-,35-,36-,37-,38-,39-,40-,41-,42-,43-,44-,45-,46?,47-,48-,49-,50-,51-,52-,53-,54-/m1/s1. The maximum absolute atomic E-state index is 12.0. The summed E-state index contributed by atoms with van der Waals surface area (Å²) < 4.78 is 103. The molecule has 0 spiro atoms. The highest BCUT2D eigenvalue weighted by molar-refractivity contribution is 5.03. The molecule has 45 heteroatoms. The summed E-state index contributed by atoms with van der Waals surface area (Å²) in [5.41, 5.74) is 0. The van der Waals surface area contributed by atoms with Crippen LogP contribution in [-0.4, -0.2) is 474 Å². The van der Waals surface area contributed by atoms with Gasteiger partial charge < -0.3 is 223 Å². The summed E-state index contributed by atoms with van der Waals surface area (Å²) in [6.07, 6.45) is -94.3. The minimum Gasteiger partial charge on any atom is -0.394 e. The number of hydrogen-bond donors (Lipinski definition) is 27. The fourth-order valence-corrected chi connectivity index (χ4v) is 13.3. The summed E-state index contributed by atoms with van der Waals surface area (Å²) in [6, 6.07) is 0. The summed E-state index contributed by atoms with van der Waals surface area (Å²) in [4.78, 5) is 0. The summed E-state index contributed by atoms with van der Waals surface area (Å²) in [5, 5.41) is 299. The van der Waals surface area contributed by atoms with Crippen molar-refractivity contribution in [3.05, 3.63) is 0 Å². The third-order valence-electron chi connectivity index (χ3n) is 19.0. The lowest BCUT2D eigenvalue weighted by molar-refractivity contribution is -0.399. The number of aliphatic hydroxyl groups excluding tert-OH is 27. The van der Waals surface area contributed by atoms with E-state index in [1.807, 2.05) is 0 Å².